The Bertz CT molecular complexity index is 41.2. The van der Waals surface area contributed by atoms with E-state index in [1.807, 2.05) is 6.92 Å². The van der Waals surface area contributed by atoms with Gasteiger partial charge in [-0.2, -0.15) is 0 Å². The molecule has 0 aliphatic rings. The van der Waals surface area contributed by atoms with Crippen LogP contribution < -0.4 is 5.73 Å². The predicted molar refractivity (Wildman–Crippen MR) is 34.6 cm³/mol. The van der Waals surface area contributed by atoms with Crippen molar-refractivity contribution in [1.82, 2.24) is 0 Å². The molecule has 58 valence electrons. The van der Waals surface area contributed by atoms with Gasteiger partial charge in [-0.15, -0.1) is 0 Å². The summed E-state index contributed by atoms with van der Waals surface area (Å²) >= 11 is 0. The summed E-state index contributed by atoms with van der Waals surface area (Å²) in [7, 11) is 0. The monoisotopic (exact) mass is 137 g/mol. The third-order valence-electron chi connectivity index (χ3n) is 0.408. The molecular weight excluding hydrogens is 122 g/mol. The minimum absolute atomic E-state index is 0.250. The van der Waals surface area contributed by atoms with Crippen LogP contribution in [0.2, 0.25) is 0 Å². The molecule has 0 aliphatic heterocycles. The molecule has 0 radical (unpaired) electrons. The lowest BCUT2D eigenvalue weighted by atomic mass is 10.7. The van der Waals surface area contributed by atoms with Crippen molar-refractivity contribution in [1.29, 1.82) is 0 Å². The molecule has 0 rings (SSSR count). The van der Waals surface area contributed by atoms with E-state index in [4.69, 9.17) is 10.2 Å². The molecule has 0 amide bonds. The second-order valence-electron chi connectivity index (χ2n) is 1.24. The second kappa shape index (κ2) is 10.8. The maximum absolute atomic E-state index is 8.33. The molecule has 0 aromatic carbocycles. The molecule has 1 unspecified atom stereocenters. The molecule has 4 heteroatoms. The van der Waals surface area contributed by atoms with Crippen LogP contribution in [0.3, 0.4) is 0 Å². The van der Waals surface area contributed by atoms with Gasteiger partial charge in [0, 0.05) is 6.61 Å². The van der Waals surface area contributed by atoms with Crippen LogP contribution in [0.25, 0.3) is 0 Å². The second-order valence-corrected chi connectivity index (χ2v) is 1.24. The van der Waals surface area contributed by atoms with Crippen LogP contribution in [0.15, 0.2) is 0 Å². The SMILES string of the molecule is CCOC(C)O.NCO. The van der Waals surface area contributed by atoms with Crippen molar-refractivity contribution in [2.75, 3.05) is 13.3 Å². The molecule has 0 saturated carbocycles. The fourth-order valence-electron chi connectivity index (χ4n) is 0.241. The van der Waals surface area contributed by atoms with Crippen LogP contribution >= 0.6 is 0 Å². The van der Waals surface area contributed by atoms with E-state index in [9.17, 15) is 0 Å². The van der Waals surface area contributed by atoms with E-state index in [1.165, 1.54) is 0 Å². The summed E-state index contributed by atoms with van der Waals surface area (Å²) in [6.45, 7) is 3.76. The number of aliphatic hydroxyl groups is 2. The Morgan fingerprint density at radius 2 is 2.00 bits per heavy atom. The zero-order chi connectivity index (χ0) is 7.70. The van der Waals surface area contributed by atoms with Gasteiger partial charge in [-0.05, 0) is 13.8 Å². The first-order valence-corrected chi connectivity index (χ1v) is 2.79. The Hall–Kier alpha value is -0.160. The zero-order valence-electron chi connectivity index (χ0n) is 5.87. The first-order chi connectivity index (χ1) is 4.18. The number of hydrogen-bond donors (Lipinski definition) is 3. The summed E-state index contributed by atoms with van der Waals surface area (Å²) in [5.41, 5.74) is 4.40. The molecule has 4 N–H and O–H groups in total. The molecule has 0 fully saturated rings. The lowest BCUT2D eigenvalue weighted by Crippen LogP contribution is -2.04. The maximum atomic E-state index is 8.33. The summed E-state index contributed by atoms with van der Waals surface area (Å²) in [6.07, 6.45) is -0.602. The molecule has 4 nitrogen and oxygen atoms in total. The highest BCUT2D eigenvalue weighted by Gasteiger charge is 1.85. The van der Waals surface area contributed by atoms with Crippen molar-refractivity contribution >= 4 is 0 Å². The third kappa shape index (κ3) is 33.2. The van der Waals surface area contributed by atoms with Crippen molar-refractivity contribution < 1.29 is 14.9 Å². The number of nitrogens with two attached hydrogens (primary N) is 1. The summed E-state index contributed by atoms with van der Waals surface area (Å²) in [5.74, 6) is 0. The molecule has 0 aliphatic carbocycles. The Morgan fingerprint density at radius 1 is 1.67 bits per heavy atom. The van der Waals surface area contributed by atoms with Gasteiger partial charge >= 0.3 is 0 Å². The smallest absolute Gasteiger partial charge is 0.151 e. The van der Waals surface area contributed by atoms with Crippen LogP contribution in [0, 0.1) is 0 Å². The lowest BCUT2D eigenvalue weighted by molar-refractivity contribution is -0.0800. The first kappa shape index (κ1) is 11.6. The number of rotatable bonds is 2. The molecule has 0 aromatic heterocycles. The van der Waals surface area contributed by atoms with Crippen LogP contribution in [0.5, 0.6) is 0 Å². The lowest BCUT2D eigenvalue weighted by Gasteiger charge is -1.99. The summed E-state index contributed by atoms with van der Waals surface area (Å²) < 4.78 is 4.60. The quantitative estimate of drug-likeness (QED) is 0.438. The molecule has 0 saturated heterocycles. The van der Waals surface area contributed by atoms with E-state index in [1.54, 1.807) is 6.92 Å². The van der Waals surface area contributed by atoms with E-state index < -0.39 is 6.29 Å². The topological polar surface area (TPSA) is 75.7 Å². The van der Waals surface area contributed by atoms with Gasteiger partial charge in [-0.25, -0.2) is 0 Å². The van der Waals surface area contributed by atoms with E-state index in [-0.39, 0.29) is 6.73 Å². The van der Waals surface area contributed by atoms with Crippen molar-refractivity contribution in [2.45, 2.75) is 20.1 Å². The Balaban J connectivity index is 0. The summed E-state index contributed by atoms with van der Waals surface area (Å²) in [5, 5.41) is 15.7. The maximum Gasteiger partial charge on any atom is 0.151 e. The number of aliphatic hydroxyl groups excluding tert-OH is 2. The Labute approximate surface area is 55.2 Å². The number of hydrogen-bond acceptors (Lipinski definition) is 4. The fourth-order valence-corrected chi connectivity index (χ4v) is 0.241. The van der Waals surface area contributed by atoms with Gasteiger partial charge in [0.1, 0.15) is 0 Å². The fraction of sp³-hybridized carbons (Fsp3) is 1.00. The molecule has 9 heavy (non-hydrogen) atoms. The Morgan fingerprint density at radius 3 is 2.00 bits per heavy atom. The van der Waals surface area contributed by atoms with Gasteiger partial charge in [0.15, 0.2) is 6.29 Å². The standard InChI is InChI=1S/C4H10O2.CH5NO/c1-3-6-4(2)5;2-1-3/h4-5H,3H2,1-2H3;3H,1-2H2. The first-order valence-electron chi connectivity index (χ1n) is 2.79. The molecular formula is C5H15NO3. The minimum Gasteiger partial charge on any atom is -0.382 e. The van der Waals surface area contributed by atoms with Gasteiger partial charge in [0.25, 0.3) is 0 Å². The van der Waals surface area contributed by atoms with Crippen molar-refractivity contribution in [3.05, 3.63) is 0 Å². The van der Waals surface area contributed by atoms with Crippen LogP contribution in [0.1, 0.15) is 13.8 Å². The Kier molecular flexibility index (Phi) is 13.9. The van der Waals surface area contributed by atoms with Crippen molar-refractivity contribution in [3.8, 4) is 0 Å². The van der Waals surface area contributed by atoms with Gasteiger partial charge in [-0.3, -0.25) is 0 Å². The van der Waals surface area contributed by atoms with Gasteiger partial charge < -0.3 is 20.7 Å². The average Bonchev–Trinajstić information content (AvgIpc) is 1.67. The highest BCUT2D eigenvalue weighted by atomic mass is 16.6. The van der Waals surface area contributed by atoms with Gasteiger partial charge in [-0.1, -0.05) is 0 Å². The van der Waals surface area contributed by atoms with Crippen molar-refractivity contribution in [3.63, 3.8) is 0 Å². The highest BCUT2D eigenvalue weighted by molar-refractivity contribution is 4.17. The van der Waals surface area contributed by atoms with E-state index in [2.05, 4.69) is 10.5 Å². The van der Waals surface area contributed by atoms with E-state index >= 15 is 0 Å². The van der Waals surface area contributed by atoms with Gasteiger partial charge in [0.05, 0.1) is 6.73 Å². The highest BCUT2D eigenvalue weighted by Crippen LogP contribution is 1.78. The zero-order valence-corrected chi connectivity index (χ0v) is 5.87. The molecule has 0 heterocycles. The average molecular weight is 137 g/mol. The van der Waals surface area contributed by atoms with Gasteiger partial charge in [0.2, 0.25) is 0 Å². The van der Waals surface area contributed by atoms with Crippen LogP contribution in [-0.4, -0.2) is 29.8 Å². The third-order valence-corrected chi connectivity index (χ3v) is 0.408. The van der Waals surface area contributed by atoms with Crippen LogP contribution in [-0.2, 0) is 4.74 Å². The molecule has 0 spiro atoms. The van der Waals surface area contributed by atoms with E-state index in [0.29, 0.717) is 6.61 Å². The largest absolute Gasteiger partial charge is 0.382 e. The number of ether oxygens (including phenoxy) is 1. The molecule has 0 bridgehead atoms. The minimum atomic E-state index is -0.602. The normalized spacial score (nSPS) is 11.7. The molecule has 1 atom stereocenters. The van der Waals surface area contributed by atoms with Crippen LogP contribution in [0.4, 0.5) is 0 Å². The summed E-state index contributed by atoms with van der Waals surface area (Å²) in [6, 6.07) is 0. The summed E-state index contributed by atoms with van der Waals surface area (Å²) in [4.78, 5) is 0. The predicted octanol–water partition coefficient (Wildman–Crippen LogP) is -0.744. The molecule has 0 aromatic rings. The van der Waals surface area contributed by atoms with Crippen molar-refractivity contribution in [2.24, 2.45) is 5.73 Å². The van der Waals surface area contributed by atoms with E-state index in [0.717, 1.165) is 0 Å².